The predicted molar refractivity (Wildman–Crippen MR) is 57.5 cm³/mol. The Morgan fingerprint density at radius 1 is 1.44 bits per heavy atom. The van der Waals surface area contributed by atoms with Crippen LogP contribution in [0.1, 0.15) is 5.56 Å². The van der Waals surface area contributed by atoms with Crippen LogP contribution in [0.5, 0.6) is 5.75 Å². The topological polar surface area (TPSA) is 151 Å². The van der Waals surface area contributed by atoms with Crippen LogP contribution < -0.4 is 16.3 Å². The molecule has 1 rings (SSSR count). The molecule has 0 fully saturated rings. The number of hydrazone groups is 1. The fourth-order valence-electron chi connectivity index (χ4n) is 0.966. The summed E-state index contributed by atoms with van der Waals surface area (Å²) in [4.78, 5) is 30.8. The molecule has 1 aromatic rings. The van der Waals surface area contributed by atoms with Crippen molar-refractivity contribution in [3.8, 4) is 5.75 Å². The van der Waals surface area contributed by atoms with Crippen molar-refractivity contribution >= 4 is 23.7 Å². The number of nitrogens with one attached hydrogen (secondary N) is 1. The number of carbonyl (C=O) groups excluding carboxylic acids is 2. The first-order valence-corrected chi connectivity index (χ1v) is 4.50. The molecule has 0 saturated carbocycles. The van der Waals surface area contributed by atoms with E-state index in [2.05, 4.69) is 10.8 Å². The summed E-state index contributed by atoms with van der Waals surface area (Å²) in [6.45, 7) is 0. The van der Waals surface area contributed by atoms with Crippen molar-refractivity contribution < 1.29 is 19.6 Å². The van der Waals surface area contributed by atoms with Crippen molar-refractivity contribution in [2.45, 2.75) is 0 Å². The SMILES string of the molecule is NC(=O)C(=O)N/N=C\c1cc([N+](=O)[O-])ccc1[O-]. The number of nitro benzene ring substituents is 1. The number of nitro groups is 1. The monoisotopic (exact) mass is 251 g/mol. The summed E-state index contributed by atoms with van der Waals surface area (Å²) in [7, 11) is 0. The van der Waals surface area contributed by atoms with E-state index in [9.17, 15) is 24.8 Å². The second-order valence-corrected chi connectivity index (χ2v) is 3.04. The number of carbonyl (C=O) groups is 2. The highest BCUT2D eigenvalue weighted by atomic mass is 16.6. The molecule has 94 valence electrons. The van der Waals surface area contributed by atoms with E-state index in [-0.39, 0.29) is 11.3 Å². The average Bonchev–Trinajstić information content (AvgIpc) is 2.30. The standard InChI is InChI=1S/C9H8N4O5/c10-8(15)9(16)12-11-4-5-3-6(13(17)18)1-2-7(5)14/h1-4,14H,(H2,10,15)(H,12,16)/p-1/b11-4-. The minimum atomic E-state index is -1.24. The number of hydrogen-bond acceptors (Lipinski definition) is 6. The third-order valence-electron chi connectivity index (χ3n) is 1.80. The fourth-order valence-corrected chi connectivity index (χ4v) is 0.966. The van der Waals surface area contributed by atoms with Gasteiger partial charge in [0, 0.05) is 12.1 Å². The van der Waals surface area contributed by atoms with Crippen LogP contribution in [0.15, 0.2) is 23.3 Å². The van der Waals surface area contributed by atoms with Gasteiger partial charge in [-0.15, -0.1) is 0 Å². The maximum absolute atomic E-state index is 11.3. The lowest BCUT2D eigenvalue weighted by Gasteiger charge is -2.08. The van der Waals surface area contributed by atoms with E-state index >= 15 is 0 Å². The van der Waals surface area contributed by atoms with Gasteiger partial charge >= 0.3 is 11.8 Å². The largest absolute Gasteiger partial charge is 0.872 e. The molecule has 0 aromatic heterocycles. The third-order valence-corrected chi connectivity index (χ3v) is 1.80. The van der Waals surface area contributed by atoms with Gasteiger partial charge in [0.25, 0.3) is 5.69 Å². The molecule has 9 heteroatoms. The molecule has 2 amide bonds. The Balaban J connectivity index is 2.87. The number of nitrogens with two attached hydrogens (primary N) is 1. The summed E-state index contributed by atoms with van der Waals surface area (Å²) in [6.07, 6.45) is 0.885. The molecule has 0 aliphatic heterocycles. The Morgan fingerprint density at radius 2 is 2.11 bits per heavy atom. The summed E-state index contributed by atoms with van der Waals surface area (Å²) in [5, 5.41) is 25.0. The minimum absolute atomic E-state index is 0.103. The van der Waals surface area contributed by atoms with Crippen LogP contribution in [0.3, 0.4) is 0 Å². The first kappa shape index (κ1) is 13.1. The van der Waals surface area contributed by atoms with Crippen molar-refractivity contribution in [2.75, 3.05) is 0 Å². The maximum atomic E-state index is 11.3. The van der Waals surface area contributed by atoms with E-state index in [1.165, 1.54) is 0 Å². The molecule has 3 N–H and O–H groups in total. The van der Waals surface area contributed by atoms with Crippen LogP contribution in [-0.4, -0.2) is 23.0 Å². The normalized spacial score (nSPS) is 10.2. The van der Waals surface area contributed by atoms with E-state index in [4.69, 9.17) is 0 Å². The van der Waals surface area contributed by atoms with E-state index in [1.807, 2.05) is 0 Å². The average molecular weight is 251 g/mol. The molecule has 0 radical (unpaired) electrons. The Kier molecular flexibility index (Phi) is 3.92. The summed E-state index contributed by atoms with van der Waals surface area (Å²) in [5.74, 6) is -2.92. The van der Waals surface area contributed by atoms with Crippen LogP contribution in [0, 0.1) is 10.1 Å². The van der Waals surface area contributed by atoms with Gasteiger partial charge in [0.15, 0.2) is 0 Å². The molecule has 1 aromatic carbocycles. The number of primary amides is 1. The van der Waals surface area contributed by atoms with E-state index in [1.54, 1.807) is 5.43 Å². The fraction of sp³-hybridized carbons (Fsp3) is 0. The number of benzene rings is 1. The van der Waals surface area contributed by atoms with Gasteiger partial charge in [-0.05, 0) is 5.56 Å². The zero-order chi connectivity index (χ0) is 13.7. The van der Waals surface area contributed by atoms with Crippen molar-refractivity contribution in [2.24, 2.45) is 10.8 Å². The molecule has 0 aliphatic rings. The molecular formula is C9H7N4O5-. The lowest BCUT2D eigenvalue weighted by molar-refractivity contribution is -0.385. The van der Waals surface area contributed by atoms with Crippen LogP contribution in [0.25, 0.3) is 0 Å². The molecule has 0 aliphatic carbocycles. The number of non-ortho nitro benzene ring substituents is 1. The second-order valence-electron chi connectivity index (χ2n) is 3.04. The molecule has 0 unspecified atom stereocenters. The Morgan fingerprint density at radius 3 is 2.67 bits per heavy atom. The first-order valence-electron chi connectivity index (χ1n) is 4.50. The lowest BCUT2D eigenvalue weighted by atomic mass is 10.2. The summed E-state index contributed by atoms with van der Waals surface area (Å²) >= 11 is 0. The number of hydrogen-bond donors (Lipinski definition) is 2. The third kappa shape index (κ3) is 3.27. The highest BCUT2D eigenvalue weighted by Crippen LogP contribution is 2.18. The van der Waals surface area contributed by atoms with Gasteiger partial charge in [0.1, 0.15) is 0 Å². The Labute approximate surface area is 100 Å². The molecular weight excluding hydrogens is 244 g/mol. The number of nitrogens with zero attached hydrogens (tertiary/aromatic N) is 2. The second kappa shape index (κ2) is 5.39. The number of amides is 2. The first-order chi connectivity index (χ1) is 8.41. The van der Waals surface area contributed by atoms with Crippen molar-refractivity contribution in [1.29, 1.82) is 0 Å². The molecule has 0 bridgehead atoms. The van der Waals surface area contributed by atoms with Gasteiger partial charge < -0.3 is 10.8 Å². The van der Waals surface area contributed by atoms with Gasteiger partial charge in [0.05, 0.1) is 11.1 Å². The summed E-state index contributed by atoms with van der Waals surface area (Å²) in [6, 6.07) is 3.03. The maximum Gasteiger partial charge on any atom is 0.329 e. The molecule has 0 heterocycles. The summed E-state index contributed by atoms with van der Waals surface area (Å²) < 4.78 is 0. The van der Waals surface area contributed by atoms with E-state index in [0.29, 0.717) is 0 Å². The van der Waals surface area contributed by atoms with Gasteiger partial charge in [-0.2, -0.15) is 5.10 Å². The van der Waals surface area contributed by atoms with Gasteiger partial charge in [-0.1, -0.05) is 11.8 Å². The highest BCUT2D eigenvalue weighted by Gasteiger charge is 2.07. The molecule has 0 atom stereocenters. The molecule has 18 heavy (non-hydrogen) atoms. The van der Waals surface area contributed by atoms with Crippen molar-refractivity contribution in [1.82, 2.24) is 5.43 Å². The minimum Gasteiger partial charge on any atom is -0.872 e. The predicted octanol–water partition coefficient (Wildman–Crippen LogP) is -1.40. The van der Waals surface area contributed by atoms with E-state index in [0.717, 1.165) is 24.4 Å². The summed E-state index contributed by atoms with van der Waals surface area (Å²) in [5.41, 5.74) is 5.99. The Hall–Kier alpha value is -2.97. The van der Waals surface area contributed by atoms with Crippen molar-refractivity contribution in [3.05, 3.63) is 33.9 Å². The van der Waals surface area contributed by atoms with Crippen LogP contribution in [-0.2, 0) is 9.59 Å². The molecule has 0 saturated heterocycles. The van der Waals surface area contributed by atoms with Gasteiger partial charge in [0.2, 0.25) is 0 Å². The lowest BCUT2D eigenvalue weighted by Crippen LogP contribution is -2.32. The zero-order valence-electron chi connectivity index (χ0n) is 8.82. The van der Waals surface area contributed by atoms with Crippen molar-refractivity contribution in [3.63, 3.8) is 0 Å². The smallest absolute Gasteiger partial charge is 0.329 e. The number of rotatable bonds is 3. The Bertz CT molecular complexity index is 540. The zero-order valence-corrected chi connectivity index (χ0v) is 8.82. The molecule has 9 nitrogen and oxygen atoms in total. The molecule has 0 spiro atoms. The highest BCUT2D eigenvalue weighted by molar-refractivity contribution is 6.34. The van der Waals surface area contributed by atoms with Gasteiger partial charge in [-0.3, -0.25) is 19.7 Å². The quantitative estimate of drug-likeness (QED) is 0.293. The van der Waals surface area contributed by atoms with Crippen LogP contribution in [0.4, 0.5) is 5.69 Å². The van der Waals surface area contributed by atoms with Crippen LogP contribution in [0.2, 0.25) is 0 Å². The van der Waals surface area contributed by atoms with Crippen LogP contribution >= 0.6 is 0 Å². The van der Waals surface area contributed by atoms with E-state index < -0.39 is 22.5 Å². The van der Waals surface area contributed by atoms with Gasteiger partial charge in [-0.25, -0.2) is 5.43 Å².